The van der Waals surface area contributed by atoms with Gasteiger partial charge in [-0.05, 0) is 4.57 Å². The third-order valence-electron chi connectivity index (χ3n) is 0.923. The average molecular weight is 229 g/mol. The number of quaternary nitrogens is 1. The van der Waals surface area contributed by atoms with E-state index >= 15 is 0 Å². The second-order valence-electron chi connectivity index (χ2n) is 2.95. The monoisotopic (exact) mass is 228 g/mol. The van der Waals surface area contributed by atoms with Crippen LogP contribution >= 0.6 is 8.69 Å². The molecule has 0 heterocycles. The summed E-state index contributed by atoms with van der Waals surface area (Å²) in [5.41, 5.74) is 0. The Morgan fingerprint density at radius 3 is 2.18 bits per heavy atom. The predicted octanol–water partition coefficient (Wildman–Crippen LogP) is -2.50. The van der Waals surface area contributed by atoms with Gasteiger partial charge in [-0.15, -0.1) is 4.52 Å². The van der Waals surface area contributed by atoms with Crippen LogP contribution in [0.4, 0.5) is 0 Å². The Morgan fingerprint density at radius 2 is 1.91 bits per heavy atom. The van der Waals surface area contributed by atoms with Gasteiger partial charge in [-0.2, -0.15) is 0 Å². The van der Waals surface area contributed by atoms with Gasteiger partial charge in [-0.1, -0.05) is 0 Å². The summed E-state index contributed by atoms with van der Waals surface area (Å²) < 4.78 is 15.3. The van der Waals surface area contributed by atoms with Crippen molar-refractivity contribution in [1.82, 2.24) is 0 Å². The van der Waals surface area contributed by atoms with Crippen LogP contribution < -0.4 is 12.4 Å². The van der Waals surface area contributed by atoms with Gasteiger partial charge in [0.1, 0.15) is 6.54 Å². The fourth-order valence-electron chi connectivity index (χ4n) is 0.361. The first kappa shape index (κ1) is 18.4. The summed E-state index contributed by atoms with van der Waals surface area (Å²) >= 11 is 0. The fraction of sp³-hybridized carbons (Fsp3) is 1.00. The van der Waals surface area contributed by atoms with Crippen molar-refractivity contribution in [3.63, 3.8) is 0 Å². The Kier molecular flexibility index (Phi) is 16.1. The number of likely N-dealkylation sites (N-methyl/N-ethyl adjacent to an activating group) is 1. The minimum Gasteiger partial charge on any atom is -1.00 e. The van der Waals surface area contributed by atoms with E-state index in [4.69, 9.17) is 0 Å². The molecule has 0 aliphatic heterocycles. The molecule has 0 spiro atoms. The number of nitrogens with zero attached hydrogens (tertiary/aromatic N) is 1. The van der Waals surface area contributed by atoms with Crippen LogP contribution in [-0.4, -0.2) is 76.5 Å². The number of hydrogen-bond donors (Lipinski definition) is 0. The molecule has 1 atom stereocenters. The van der Waals surface area contributed by atoms with Crippen LogP contribution in [0.2, 0.25) is 0 Å². The van der Waals surface area contributed by atoms with Crippen molar-refractivity contribution in [2.75, 3.05) is 34.3 Å². The summed E-state index contributed by atoms with van der Waals surface area (Å²) in [5.74, 6) is 0. The number of halogens is 1. The quantitative estimate of drug-likeness (QED) is 0.230. The van der Waals surface area contributed by atoms with Crippen LogP contribution in [0.3, 0.4) is 0 Å². The Hall–Kier alpha value is 1.57. The van der Waals surface area contributed by atoms with E-state index in [1.807, 2.05) is 0 Å². The molecule has 0 saturated carbocycles. The van der Waals surface area contributed by atoms with Gasteiger partial charge in [0.05, 0.1) is 21.1 Å². The van der Waals surface area contributed by atoms with Gasteiger partial charge in [-0.25, -0.2) is 0 Å². The van der Waals surface area contributed by atoms with Crippen LogP contribution in [0.15, 0.2) is 0 Å². The Bertz CT molecular complexity index is 107. The molecule has 0 radical (unpaired) electrons. The first-order valence-corrected chi connectivity index (χ1v) is 3.67. The first-order chi connectivity index (χ1) is 4.06. The Balaban J connectivity index is -0.0000000533. The molecule has 0 fully saturated rings. The smallest absolute Gasteiger partial charge is 1.00 e. The summed E-state index contributed by atoms with van der Waals surface area (Å²) in [5, 5.41) is 0. The first-order valence-electron chi connectivity index (χ1n) is 2.85. The van der Waals surface area contributed by atoms with Crippen molar-refractivity contribution in [1.29, 1.82) is 0 Å². The third-order valence-corrected chi connectivity index (χ3v) is 1.25. The summed E-state index contributed by atoms with van der Waals surface area (Å²) in [6.45, 7) is 1.47. The molecular formula is C5H16CaClNO2P+. The molecule has 0 amide bonds. The third kappa shape index (κ3) is 18.5. The summed E-state index contributed by atoms with van der Waals surface area (Å²) in [4.78, 5) is 0. The van der Waals surface area contributed by atoms with E-state index in [2.05, 4.69) is 25.7 Å². The minimum atomic E-state index is -0.616. The van der Waals surface area contributed by atoms with Crippen LogP contribution in [0.25, 0.3) is 0 Å². The van der Waals surface area contributed by atoms with Crippen molar-refractivity contribution in [2.24, 2.45) is 0 Å². The zero-order valence-corrected chi connectivity index (χ0v) is 11.2. The maximum atomic E-state index is 9.81. The Morgan fingerprint density at radius 1 is 1.45 bits per heavy atom. The molecule has 0 saturated heterocycles. The fourth-order valence-corrected chi connectivity index (χ4v) is 0.536. The van der Waals surface area contributed by atoms with E-state index in [0.29, 0.717) is 6.61 Å². The van der Waals surface area contributed by atoms with Gasteiger partial charge in [0.2, 0.25) is 0 Å². The van der Waals surface area contributed by atoms with E-state index < -0.39 is 8.69 Å². The molecule has 11 heavy (non-hydrogen) atoms. The van der Waals surface area contributed by atoms with Crippen LogP contribution in [0, 0.1) is 0 Å². The predicted molar refractivity (Wildman–Crippen MR) is 45.8 cm³/mol. The molecular weight excluding hydrogens is 213 g/mol. The molecule has 66 valence electrons. The summed E-state index contributed by atoms with van der Waals surface area (Å²) in [6.07, 6.45) is 0. The summed E-state index contributed by atoms with van der Waals surface area (Å²) in [6, 6.07) is 0. The molecule has 0 aromatic rings. The number of rotatable bonds is 4. The molecule has 1 unspecified atom stereocenters. The van der Waals surface area contributed by atoms with Gasteiger partial charge in [0.25, 0.3) is 0 Å². The van der Waals surface area contributed by atoms with Gasteiger partial charge < -0.3 is 19.7 Å². The van der Waals surface area contributed by atoms with Gasteiger partial charge in [-0.3, -0.25) is 0 Å². The average Bonchev–Trinajstić information content (AvgIpc) is 1.63. The molecule has 6 heteroatoms. The molecule has 0 rings (SSSR count). The van der Waals surface area contributed by atoms with Crippen LogP contribution in [0.1, 0.15) is 2.85 Å². The van der Waals surface area contributed by atoms with Gasteiger partial charge >= 0.3 is 46.4 Å². The van der Waals surface area contributed by atoms with Crippen molar-refractivity contribution < 1.29 is 28.8 Å². The van der Waals surface area contributed by atoms with E-state index in [9.17, 15) is 4.57 Å². The SMILES string of the molecule is C[N+](C)(C)CCO[PH+]=O.[Ca+2].[Cl-].[H-].[H-]. The van der Waals surface area contributed by atoms with E-state index in [1.165, 1.54) is 0 Å². The van der Waals surface area contributed by atoms with Crippen LogP contribution in [0.5, 0.6) is 0 Å². The second kappa shape index (κ2) is 9.66. The molecule has 0 aromatic carbocycles. The normalized spacial score (nSPS) is 10.1. The summed E-state index contributed by atoms with van der Waals surface area (Å²) in [7, 11) is 5.58. The van der Waals surface area contributed by atoms with Gasteiger partial charge in [0.15, 0.2) is 6.61 Å². The molecule has 0 N–H and O–H groups in total. The number of hydrogen-bond acceptors (Lipinski definition) is 2. The Labute approximate surface area is 109 Å². The minimum absolute atomic E-state index is 0. The van der Waals surface area contributed by atoms with Crippen molar-refractivity contribution in [2.45, 2.75) is 0 Å². The van der Waals surface area contributed by atoms with Crippen molar-refractivity contribution >= 4 is 46.4 Å². The van der Waals surface area contributed by atoms with Crippen molar-refractivity contribution in [3.8, 4) is 0 Å². The topological polar surface area (TPSA) is 26.3 Å². The zero-order chi connectivity index (χ0) is 7.33. The van der Waals surface area contributed by atoms with Gasteiger partial charge in [0, 0.05) is 0 Å². The molecule has 0 bridgehead atoms. The molecule has 3 nitrogen and oxygen atoms in total. The van der Waals surface area contributed by atoms with Crippen molar-refractivity contribution in [3.05, 3.63) is 0 Å². The second-order valence-corrected chi connectivity index (χ2v) is 3.40. The maximum absolute atomic E-state index is 9.81. The molecule has 0 aromatic heterocycles. The van der Waals surface area contributed by atoms with E-state index in [-0.39, 0.29) is 53.0 Å². The van der Waals surface area contributed by atoms with E-state index in [0.717, 1.165) is 11.0 Å². The molecule has 0 aliphatic rings. The van der Waals surface area contributed by atoms with Crippen LogP contribution in [-0.2, 0) is 9.09 Å². The van der Waals surface area contributed by atoms with E-state index in [1.54, 1.807) is 0 Å². The standard InChI is InChI=1S/C5H14NO2P.Ca.ClH.2H/c1-6(2,3)4-5-8-9-7;;;;/h9H,4-5H2,1-3H3;;1H;;/q2*+2;;2*-1/p-1. The zero-order valence-electron chi connectivity index (χ0n) is 9.26. The molecule has 0 aliphatic carbocycles. The largest absolute Gasteiger partial charge is 2.00 e. The maximum Gasteiger partial charge on any atom is 2.00 e.